The van der Waals surface area contributed by atoms with E-state index in [0.29, 0.717) is 18.0 Å². The van der Waals surface area contributed by atoms with Crippen molar-refractivity contribution in [1.82, 2.24) is 15.5 Å². The predicted molar refractivity (Wildman–Crippen MR) is 134 cm³/mol. The van der Waals surface area contributed by atoms with Crippen LogP contribution in [0.4, 0.5) is 5.69 Å². The summed E-state index contributed by atoms with van der Waals surface area (Å²) in [6.07, 6.45) is 3.62. The fraction of sp³-hybridized carbons (Fsp3) is 0.667. The summed E-state index contributed by atoms with van der Waals surface area (Å²) in [7, 11) is 1.88. The third kappa shape index (κ3) is 6.76. The average molecular weight is 564 g/mol. The molecule has 2 heterocycles. The van der Waals surface area contributed by atoms with Crippen LogP contribution in [0.5, 0.6) is 0 Å². The Balaban J connectivity index is 0.00000280. The minimum atomic E-state index is 0. The fourth-order valence-corrected chi connectivity index (χ4v) is 4.34. The molecule has 3 rings (SSSR count). The molecule has 1 aromatic rings. The van der Waals surface area contributed by atoms with Crippen molar-refractivity contribution >= 4 is 51.6 Å². The zero-order valence-electron chi connectivity index (χ0n) is 17.3. The Morgan fingerprint density at radius 3 is 2.43 bits per heavy atom. The van der Waals surface area contributed by atoms with Crippen LogP contribution in [-0.4, -0.2) is 62.7 Å². The van der Waals surface area contributed by atoms with E-state index < -0.39 is 0 Å². The standard InChI is InChI=1S/C21H34BrN5.HI/c1-16(2)26-12-9-19(10-13-26)25-21(23-3)24-14-17-8-11-27(15-17)20-6-4-18(22)5-7-20;/h4-7,16-17,19H,8-15H2,1-3H3,(H2,23,24,25);1H. The first kappa shape index (κ1) is 23.7. The second kappa shape index (κ2) is 11.6. The highest BCUT2D eigenvalue weighted by Gasteiger charge is 2.24. The minimum absolute atomic E-state index is 0. The van der Waals surface area contributed by atoms with Gasteiger partial charge in [0.1, 0.15) is 0 Å². The molecule has 1 atom stereocenters. The number of rotatable bonds is 5. The number of nitrogens with one attached hydrogen (secondary N) is 2. The van der Waals surface area contributed by atoms with Crippen LogP contribution in [0.2, 0.25) is 0 Å². The summed E-state index contributed by atoms with van der Waals surface area (Å²) in [4.78, 5) is 9.49. The molecule has 1 unspecified atom stereocenters. The van der Waals surface area contributed by atoms with Crippen LogP contribution in [0.1, 0.15) is 33.1 Å². The lowest BCUT2D eigenvalue weighted by Crippen LogP contribution is -2.50. The monoisotopic (exact) mass is 563 g/mol. The van der Waals surface area contributed by atoms with Crippen LogP contribution in [0, 0.1) is 5.92 Å². The molecule has 2 saturated heterocycles. The Hall–Kier alpha value is -0.540. The Kier molecular flexibility index (Phi) is 9.83. The van der Waals surface area contributed by atoms with E-state index in [1.165, 1.54) is 38.0 Å². The summed E-state index contributed by atoms with van der Waals surface area (Å²) >= 11 is 3.51. The van der Waals surface area contributed by atoms with Gasteiger partial charge < -0.3 is 20.4 Å². The lowest BCUT2D eigenvalue weighted by Gasteiger charge is -2.35. The number of guanidine groups is 1. The number of anilines is 1. The third-order valence-electron chi connectivity index (χ3n) is 5.86. The minimum Gasteiger partial charge on any atom is -0.371 e. The van der Waals surface area contributed by atoms with Gasteiger partial charge in [0, 0.05) is 62.0 Å². The second-order valence-electron chi connectivity index (χ2n) is 8.08. The number of aliphatic imine (C=N–C) groups is 1. The molecule has 0 bridgehead atoms. The normalized spacial score (nSPS) is 21.7. The number of hydrogen-bond acceptors (Lipinski definition) is 3. The van der Waals surface area contributed by atoms with Crippen molar-refractivity contribution in [2.75, 3.05) is 44.7 Å². The SMILES string of the molecule is CN=C(NCC1CCN(c2ccc(Br)cc2)C1)NC1CCN(C(C)C)CC1.I. The molecule has 0 aliphatic carbocycles. The largest absolute Gasteiger partial charge is 0.371 e. The molecular weight excluding hydrogens is 529 g/mol. The molecule has 0 aromatic heterocycles. The van der Waals surface area contributed by atoms with Gasteiger partial charge in [-0.25, -0.2) is 0 Å². The van der Waals surface area contributed by atoms with Crippen LogP contribution < -0.4 is 15.5 Å². The summed E-state index contributed by atoms with van der Waals surface area (Å²) in [5.74, 6) is 1.62. The van der Waals surface area contributed by atoms with E-state index >= 15 is 0 Å². The van der Waals surface area contributed by atoms with Gasteiger partial charge in [-0.15, -0.1) is 24.0 Å². The third-order valence-corrected chi connectivity index (χ3v) is 6.39. The van der Waals surface area contributed by atoms with Crippen molar-refractivity contribution in [2.45, 2.75) is 45.2 Å². The van der Waals surface area contributed by atoms with E-state index in [2.05, 4.69) is 79.5 Å². The highest BCUT2D eigenvalue weighted by molar-refractivity contribution is 14.0. The first-order valence-corrected chi connectivity index (χ1v) is 11.1. The number of likely N-dealkylation sites (tertiary alicyclic amines) is 1. The first-order valence-electron chi connectivity index (χ1n) is 10.3. The molecule has 2 fully saturated rings. The summed E-state index contributed by atoms with van der Waals surface area (Å²) in [6.45, 7) is 10.2. The topological polar surface area (TPSA) is 42.9 Å². The van der Waals surface area contributed by atoms with Gasteiger partial charge in [0.05, 0.1) is 0 Å². The number of halogens is 2. The highest BCUT2D eigenvalue weighted by atomic mass is 127. The van der Waals surface area contributed by atoms with Gasteiger partial charge in [-0.05, 0) is 63.3 Å². The van der Waals surface area contributed by atoms with Crippen molar-refractivity contribution in [1.29, 1.82) is 0 Å². The maximum atomic E-state index is 4.45. The molecule has 2 aliphatic heterocycles. The summed E-state index contributed by atoms with van der Waals surface area (Å²) < 4.78 is 1.14. The molecule has 158 valence electrons. The van der Waals surface area contributed by atoms with E-state index in [1.807, 2.05) is 7.05 Å². The lowest BCUT2D eigenvalue weighted by atomic mass is 10.0. The maximum Gasteiger partial charge on any atom is 0.191 e. The summed E-state index contributed by atoms with van der Waals surface area (Å²) in [6, 6.07) is 9.83. The lowest BCUT2D eigenvalue weighted by molar-refractivity contribution is 0.167. The summed E-state index contributed by atoms with van der Waals surface area (Å²) in [5, 5.41) is 7.20. The number of benzene rings is 1. The van der Waals surface area contributed by atoms with Crippen molar-refractivity contribution in [3.8, 4) is 0 Å². The summed E-state index contributed by atoms with van der Waals surface area (Å²) in [5.41, 5.74) is 1.32. The molecule has 2 N–H and O–H groups in total. The molecule has 5 nitrogen and oxygen atoms in total. The zero-order chi connectivity index (χ0) is 19.2. The Labute approximate surface area is 195 Å². The van der Waals surface area contributed by atoms with Gasteiger partial charge in [-0.2, -0.15) is 0 Å². The number of hydrogen-bond donors (Lipinski definition) is 2. The van der Waals surface area contributed by atoms with Crippen LogP contribution in [0.3, 0.4) is 0 Å². The Bertz CT molecular complexity index is 614. The zero-order valence-corrected chi connectivity index (χ0v) is 21.2. The van der Waals surface area contributed by atoms with Crippen molar-refractivity contribution < 1.29 is 0 Å². The first-order chi connectivity index (χ1) is 13.0. The Morgan fingerprint density at radius 1 is 1.14 bits per heavy atom. The van der Waals surface area contributed by atoms with Crippen molar-refractivity contribution in [2.24, 2.45) is 10.9 Å². The quantitative estimate of drug-likeness (QED) is 0.324. The molecule has 0 spiro atoms. The van der Waals surface area contributed by atoms with Crippen LogP contribution in [0.15, 0.2) is 33.7 Å². The fourth-order valence-electron chi connectivity index (χ4n) is 4.07. The molecule has 0 radical (unpaired) electrons. The van der Waals surface area contributed by atoms with Crippen LogP contribution in [-0.2, 0) is 0 Å². The van der Waals surface area contributed by atoms with E-state index in [9.17, 15) is 0 Å². The van der Waals surface area contributed by atoms with Crippen LogP contribution in [0.25, 0.3) is 0 Å². The van der Waals surface area contributed by atoms with Gasteiger partial charge in [-0.1, -0.05) is 15.9 Å². The van der Waals surface area contributed by atoms with E-state index in [0.717, 1.165) is 30.1 Å². The molecule has 7 heteroatoms. The maximum absolute atomic E-state index is 4.45. The van der Waals surface area contributed by atoms with Gasteiger partial charge in [0.15, 0.2) is 5.96 Å². The molecule has 1 aromatic carbocycles. The van der Waals surface area contributed by atoms with E-state index in [1.54, 1.807) is 0 Å². The van der Waals surface area contributed by atoms with Gasteiger partial charge in [0.25, 0.3) is 0 Å². The highest BCUT2D eigenvalue weighted by Crippen LogP contribution is 2.25. The molecule has 2 aliphatic rings. The average Bonchev–Trinajstić information content (AvgIpc) is 3.15. The number of piperidine rings is 1. The second-order valence-corrected chi connectivity index (χ2v) is 8.99. The molecular formula is C21H35BrIN5. The van der Waals surface area contributed by atoms with Crippen molar-refractivity contribution in [3.63, 3.8) is 0 Å². The van der Waals surface area contributed by atoms with Gasteiger partial charge in [-0.3, -0.25) is 4.99 Å². The van der Waals surface area contributed by atoms with E-state index in [-0.39, 0.29) is 24.0 Å². The smallest absolute Gasteiger partial charge is 0.191 e. The van der Waals surface area contributed by atoms with Crippen molar-refractivity contribution in [3.05, 3.63) is 28.7 Å². The molecule has 0 amide bonds. The Morgan fingerprint density at radius 2 is 1.82 bits per heavy atom. The molecule has 0 saturated carbocycles. The predicted octanol–water partition coefficient (Wildman–Crippen LogP) is 3.93. The van der Waals surface area contributed by atoms with Crippen LogP contribution >= 0.6 is 39.9 Å². The number of nitrogens with zero attached hydrogens (tertiary/aromatic N) is 3. The van der Waals surface area contributed by atoms with Gasteiger partial charge >= 0.3 is 0 Å². The van der Waals surface area contributed by atoms with E-state index in [4.69, 9.17) is 0 Å². The molecule has 28 heavy (non-hydrogen) atoms. The van der Waals surface area contributed by atoms with Gasteiger partial charge in [0.2, 0.25) is 0 Å².